The van der Waals surface area contributed by atoms with E-state index in [4.69, 9.17) is 4.74 Å². The topological polar surface area (TPSA) is 63.2 Å². The van der Waals surface area contributed by atoms with Crippen LogP contribution >= 0.6 is 0 Å². The molecule has 1 N–H and O–H groups in total. The van der Waals surface area contributed by atoms with Gasteiger partial charge in [-0.3, -0.25) is 0 Å². The van der Waals surface area contributed by atoms with Gasteiger partial charge in [0.2, 0.25) is 11.9 Å². The summed E-state index contributed by atoms with van der Waals surface area (Å²) in [6.07, 6.45) is -3.88. The number of aromatic nitrogens is 3. The summed E-state index contributed by atoms with van der Waals surface area (Å²) < 4.78 is 68.5. The lowest BCUT2D eigenvalue weighted by Crippen LogP contribution is -2.34. The van der Waals surface area contributed by atoms with Crippen LogP contribution in [0.3, 0.4) is 0 Å². The predicted molar refractivity (Wildman–Crippen MR) is 89.5 cm³/mol. The Morgan fingerprint density at radius 2 is 1.70 bits per heavy atom. The quantitative estimate of drug-likeness (QED) is 0.655. The highest BCUT2D eigenvalue weighted by Crippen LogP contribution is 2.25. The number of hydrogen-bond acceptors (Lipinski definition) is 6. The van der Waals surface area contributed by atoms with Gasteiger partial charge in [0.1, 0.15) is 5.82 Å². The van der Waals surface area contributed by atoms with Crippen molar-refractivity contribution in [1.82, 2.24) is 15.0 Å². The van der Waals surface area contributed by atoms with Crippen LogP contribution in [0.15, 0.2) is 24.3 Å². The minimum Gasteiger partial charge on any atom is -0.457 e. The van der Waals surface area contributed by atoms with Crippen LogP contribution < -0.4 is 15.0 Å². The van der Waals surface area contributed by atoms with E-state index in [9.17, 15) is 22.0 Å². The fourth-order valence-corrected chi connectivity index (χ4v) is 2.00. The van der Waals surface area contributed by atoms with Crippen molar-refractivity contribution in [3.63, 3.8) is 0 Å². The Balaban J connectivity index is 2.29. The van der Waals surface area contributed by atoms with Crippen molar-refractivity contribution in [2.45, 2.75) is 26.2 Å². The highest BCUT2D eigenvalue weighted by atomic mass is 19.3. The number of nitrogens with zero attached hydrogens (tertiary/aromatic N) is 4. The van der Waals surface area contributed by atoms with Gasteiger partial charge in [0.25, 0.3) is 0 Å². The second kappa shape index (κ2) is 8.78. The first kappa shape index (κ1) is 20.6. The van der Waals surface area contributed by atoms with Gasteiger partial charge in [-0.1, -0.05) is 0 Å². The van der Waals surface area contributed by atoms with Gasteiger partial charge in [-0.25, -0.2) is 13.2 Å². The van der Waals surface area contributed by atoms with Crippen LogP contribution in [0.1, 0.15) is 13.8 Å². The molecule has 0 amide bonds. The van der Waals surface area contributed by atoms with Crippen LogP contribution in [0, 0.1) is 5.82 Å². The van der Waals surface area contributed by atoms with E-state index in [1.165, 1.54) is 24.3 Å². The lowest BCUT2D eigenvalue weighted by Gasteiger charge is -2.20. The van der Waals surface area contributed by atoms with E-state index in [1.54, 1.807) is 4.90 Å². The second-order valence-electron chi connectivity index (χ2n) is 5.40. The molecule has 0 radical (unpaired) electrons. The van der Waals surface area contributed by atoms with Crippen LogP contribution in [0.5, 0.6) is 6.01 Å². The van der Waals surface area contributed by atoms with Crippen LogP contribution in [-0.2, 0) is 0 Å². The maximum absolute atomic E-state index is 13.1. The maximum Gasteiger partial charge on any atom is 0.340 e. The average molecular weight is 391 g/mol. The largest absolute Gasteiger partial charge is 0.457 e. The van der Waals surface area contributed by atoms with E-state index in [1.807, 2.05) is 13.8 Å². The van der Waals surface area contributed by atoms with E-state index in [2.05, 4.69) is 20.3 Å². The Morgan fingerprint density at radius 3 is 2.26 bits per heavy atom. The third-order valence-electron chi connectivity index (χ3n) is 3.46. The first-order chi connectivity index (χ1) is 12.7. The molecule has 2 aromatic rings. The van der Waals surface area contributed by atoms with E-state index >= 15 is 0 Å². The van der Waals surface area contributed by atoms with Crippen LogP contribution in [0.4, 0.5) is 39.5 Å². The monoisotopic (exact) mass is 391 g/mol. The molecule has 11 heteroatoms. The van der Waals surface area contributed by atoms with E-state index in [0.29, 0.717) is 18.8 Å². The molecule has 0 spiro atoms. The molecule has 1 aromatic carbocycles. The van der Waals surface area contributed by atoms with Crippen LogP contribution in [0.25, 0.3) is 0 Å². The van der Waals surface area contributed by atoms with Gasteiger partial charge in [-0.2, -0.15) is 23.7 Å². The molecular weight excluding hydrogens is 373 g/mol. The molecule has 1 heterocycles. The lowest BCUT2D eigenvalue weighted by molar-refractivity contribution is -0.149. The molecule has 0 aliphatic rings. The molecule has 148 valence electrons. The summed E-state index contributed by atoms with van der Waals surface area (Å²) in [6.45, 7) is 3.08. The van der Waals surface area contributed by atoms with Crippen molar-refractivity contribution in [2.24, 2.45) is 0 Å². The molecule has 6 nitrogen and oxygen atoms in total. The second-order valence-corrected chi connectivity index (χ2v) is 5.40. The smallest absolute Gasteiger partial charge is 0.340 e. The number of halogens is 5. The fourth-order valence-electron chi connectivity index (χ4n) is 2.00. The SMILES string of the molecule is CCN(CC)c1nc(Nc2ccc(F)cc2)nc(OCC(F)(F)C(F)F)n1. The number of ether oxygens (including phenoxy) is 1. The molecule has 1 aromatic heterocycles. The standard InChI is InChI=1S/C16H18F5N5O/c1-3-26(4-2)14-23-13(22-11-7-5-10(17)6-8-11)24-15(25-14)27-9-16(20,21)12(18)19/h5-8,12H,3-4,9H2,1-2H3,(H,22,23,24,25). The lowest BCUT2D eigenvalue weighted by atomic mass is 10.3. The minimum atomic E-state index is -4.34. The van der Waals surface area contributed by atoms with Gasteiger partial charge in [0.15, 0.2) is 6.61 Å². The molecule has 0 aliphatic carbocycles. The third-order valence-corrected chi connectivity index (χ3v) is 3.46. The van der Waals surface area contributed by atoms with Gasteiger partial charge in [-0.05, 0) is 38.1 Å². The van der Waals surface area contributed by atoms with Crippen molar-refractivity contribution < 1.29 is 26.7 Å². The summed E-state index contributed by atoms with van der Waals surface area (Å²) >= 11 is 0. The Kier molecular flexibility index (Phi) is 6.70. The zero-order chi connectivity index (χ0) is 20.0. The molecule has 2 rings (SSSR count). The van der Waals surface area contributed by atoms with E-state index < -0.39 is 30.8 Å². The Morgan fingerprint density at radius 1 is 1.07 bits per heavy atom. The minimum absolute atomic E-state index is 0.0612. The summed E-state index contributed by atoms with van der Waals surface area (Å²) in [5, 5.41) is 2.76. The number of rotatable bonds is 9. The normalized spacial score (nSPS) is 11.6. The average Bonchev–Trinajstić information content (AvgIpc) is 2.63. The van der Waals surface area contributed by atoms with Gasteiger partial charge >= 0.3 is 18.4 Å². The Labute approximate surface area is 152 Å². The highest BCUT2D eigenvalue weighted by molar-refractivity contribution is 5.54. The van der Waals surface area contributed by atoms with E-state index in [0.717, 1.165) is 0 Å². The number of benzene rings is 1. The molecule has 0 unspecified atom stereocenters. The number of hydrogen-bond donors (Lipinski definition) is 1. The van der Waals surface area contributed by atoms with Crippen molar-refractivity contribution in [1.29, 1.82) is 0 Å². The highest BCUT2D eigenvalue weighted by Gasteiger charge is 2.42. The number of anilines is 3. The summed E-state index contributed by atoms with van der Waals surface area (Å²) in [4.78, 5) is 13.6. The van der Waals surface area contributed by atoms with Crippen molar-refractivity contribution in [3.8, 4) is 6.01 Å². The maximum atomic E-state index is 13.1. The molecule has 0 saturated heterocycles. The van der Waals surface area contributed by atoms with Crippen LogP contribution in [-0.4, -0.2) is 47.0 Å². The zero-order valence-corrected chi connectivity index (χ0v) is 14.6. The van der Waals surface area contributed by atoms with Gasteiger partial charge in [-0.15, -0.1) is 0 Å². The first-order valence-electron chi connectivity index (χ1n) is 8.07. The van der Waals surface area contributed by atoms with Gasteiger partial charge < -0.3 is 15.0 Å². The van der Waals surface area contributed by atoms with Crippen molar-refractivity contribution >= 4 is 17.6 Å². The molecule has 0 aliphatic heterocycles. The first-order valence-corrected chi connectivity index (χ1v) is 8.07. The summed E-state index contributed by atoms with van der Waals surface area (Å²) in [6, 6.07) is 4.71. The number of nitrogens with one attached hydrogen (secondary N) is 1. The van der Waals surface area contributed by atoms with Crippen LogP contribution in [0.2, 0.25) is 0 Å². The van der Waals surface area contributed by atoms with E-state index in [-0.39, 0.29) is 11.9 Å². The molecular formula is C16H18F5N5O. The van der Waals surface area contributed by atoms with Gasteiger partial charge in [0.05, 0.1) is 0 Å². The van der Waals surface area contributed by atoms with Crippen molar-refractivity contribution in [2.75, 3.05) is 29.9 Å². The van der Waals surface area contributed by atoms with Crippen molar-refractivity contribution in [3.05, 3.63) is 30.1 Å². The summed E-state index contributed by atoms with van der Waals surface area (Å²) in [5.41, 5.74) is 0.428. The molecule has 0 fully saturated rings. The van der Waals surface area contributed by atoms with Gasteiger partial charge in [0, 0.05) is 18.8 Å². The summed E-state index contributed by atoms with van der Waals surface area (Å²) in [7, 11) is 0. The fraction of sp³-hybridized carbons (Fsp3) is 0.438. The molecule has 0 bridgehead atoms. The third kappa shape index (κ3) is 5.63. The Hall–Kier alpha value is -2.72. The molecule has 27 heavy (non-hydrogen) atoms. The predicted octanol–water partition coefficient (Wildman–Crippen LogP) is 3.88. The molecule has 0 atom stereocenters. The zero-order valence-electron chi connectivity index (χ0n) is 14.6. The number of alkyl halides is 4. The molecule has 0 saturated carbocycles. The summed E-state index contributed by atoms with van der Waals surface area (Å²) in [5.74, 6) is -4.73. The Bertz CT molecular complexity index is 740.